The van der Waals surface area contributed by atoms with Crippen LogP contribution in [0.1, 0.15) is 19.8 Å². The molecule has 58 valence electrons. The number of hydrogen-bond donors (Lipinski definition) is 2. The first-order valence-corrected chi connectivity index (χ1v) is 3.59. The molecule has 1 fully saturated rings. The number of carbonyl (C=O) groups is 1. The van der Waals surface area contributed by atoms with Crippen LogP contribution in [0.2, 0.25) is 0 Å². The van der Waals surface area contributed by atoms with Gasteiger partial charge in [-0.1, -0.05) is 6.92 Å². The van der Waals surface area contributed by atoms with E-state index in [1.807, 2.05) is 0 Å². The van der Waals surface area contributed by atoms with E-state index in [1.165, 1.54) is 0 Å². The van der Waals surface area contributed by atoms with Gasteiger partial charge in [-0.25, -0.2) is 0 Å². The van der Waals surface area contributed by atoms with E-state index in [0.29, 0.717) is 18.3 Å². The molecule has 0 aliphatic heterocycles. The first-order valence-electron chi connectivity index (χ1n) is 3.59. The van der Waals surface area contributed by atoms with E-state index in [1.54, 1.807) is 0 Å². The van der Waals surface area contributed by atoms with Crippen molar-refractivity contribution < 1.29 is 9.90 Å². The molecule has 0 aromatic heterocycles. The highest BCUT2D eigenvalue weighted by molar-refractivity contribution is 5.73. The smallest absolute Gasteiger partial charge is 0.320 e. The minimum atomic E-state index is -0.876. The van der Waals surface area contributed by atoms with Crippen molar-refractivity contribution in [2.45, 2.75) is 25.8 Å². The highest BCUT2D eigenvalue weighted by Gasteiger charge is 2.35. The van der Waals surface area contributed by atoms with Gasteiger partial charge in [0.15, 0.2) is 0 Å². The van der Waals surface area contributed by atoms with Gasteiger partial charge in [-0.3, -0.25) is 4.79 Å². The van der Waals surface area contributed by atoms with Crippen LogP contribution >= 0.6 is 0 Å². The second-order valence-electron chi connectivity index (χ2n) is 3.15. The summed E-state index contributed by atoms with van der Waals surface area (Å²) in [5.41, 5.74) is 5.32. The SMILES string of the molecule is CC1CC1C[C@@H](N)C(=O)O. The second kappa shape index (κ2) is 2.58. The lowest BCUT2D eigenvalue weighted by molar-refractivity contribution is -0.138. The summed E-state index contributed by atoms with van der Waals surface area (Å²) < 4.78 is 0. The van der Waals surface area contributed by atoms with Crippen LogP contribution in [0.4, 0.5) is 0 Å². The van der Waals surface area contributed by atoms with E-state index < -0.39 is 12.0 Å². The fourth-order valence-corrected chi connectivity index (χ4v) is 1.15. The number of carboxylic acids is 1. The molecule has 3 heteroatoms. The van der Waals surface area contributed by atoms with Crippen LogP contribution in [-0.4, -0.2) is 17.1 Å². The van der Waals surface area contributed by atoms with Crippen molar-refractivity contribution in [3.63, 3.8) is 0 Å². The Hall–Kier alpha value is -0.570. The normalized spacial score (nSPS) is 33.4. The van der Waals surface area contributed by atoms with Gasteiger partial charge >= 0.3 is 5.97 Å². The molecule has 3 atom stereocenters. The van der Waals surface area contributed by atoms with Crippen molar-refractivity contribution in [2.24, 2.45) is 17.6 Å². The average molecular weight is 143 g/mol. The number of aliphatic carboxylic acids is 1. The predicted octanol–water partition coefficient (Wildman–Crippen LogP) is 0.444. The summed E-state index contributed by atoms with van der Waals surface area (Å²) in [7, 11) is 0. The molecule has 0 bridgehead atoms. The first-order chi connectivity index (χ1) is 4.61. The fourth-order valence-electron chi connectivity index (χ4n) is 1.15. The Morgan fingerprint density at radius 3 is 2.70 bits per heavy atom. The fraction of sp³-hybridized carbons (Fsp3) is 0.857. The zero-order chi connectivity index (χ0) is 7.72. The van der Waals surface area contributed by atoms with E-state index in [0.717, 1.165) is 6.42 Å². The van der Waals surface area contributed by atoms with Gasteiger partial charge in [0.1, 0.15) is 6.04 Å². The average Bonchev–Trinajstić information content (AvgIpc) is 2.46. The van der Waals surface area contributed by atoms with Crippen LogP contribution in [0, 0.1) is 11.8 Å². The van der Waals surface area contributed by atoms with Gasteiger partial charge in [-0.2, -0.15) is 0 Å². The van der Waals surface area contributed by atoms with E-state index in [9.17, 15) is 4.79 Å². The standard InChI is InChI=1S/C7H13NO2/c1-4-2-5(4)3-6(8)7(9)10/h4-6H,2-3,8H2,1H3,(H,9,10)/t4?,5?,6-/m1/s1. The molecule has 0 radical (unpaired) electrons. The molecule has 0 aromatic rings. The highest BCUT2D eigenvalue weighted by atomic mass is 16.4. The zero-order valence-electron chi connectivity index (χ0n) is 6.08. The second-order valence-corrected chi connectivity index (χ2v) is 3.15. The Morgan fingerprint density at radius 2 is 2.40 bits per heavy atom. The van der Waals surface area contributed by atoms with Crippen molar-refractivity contribution in [1.29, 1.82) is 0 Å². The maximum Gasteiger partial charge on any atom is 0.320 e. The molecule has 1 rings (SSSR count). The molecule has 1 aliphatic rings. The quantitative estimate of drug-likeness (QED) is 0.602. The largest absolute Gasteiger partial charge is 0.480 e. The molecule has 3 nitrogen and oxygen atoms in total. The molecule has 0 saturated heterocycles. The lowest BCUT2D eigenvalue weighted by Gasteiger charge is -2.03. The number of rotatable bonds is 3. The lowest BCUT2D eigenvalue weighted by atomic mass is 10.1. The Labute approximate surface area is 60.2 Å². The summed E-state index contributed by atoms with van der Waals surface area (Å²) >= 11 is 0. The van der Waals surface area contributed by atoms with E-state index in [-0.39, 0.29) is 0 Å². The maximum atomic E-state index is 10.2. The monoisotopic (exact) mass is 143 g/mol. The van der Waals surface area contributed by atoms with Crippen molar-refractivity contribution in [2.75, 3.05) is 0 Å². The van der Waals surface area contributed by atoms with Gasteiger partial charge in [-0.15, -0.1) is 0 Å². The molecule has 0 amide bonds. The molecule has 1 saturated carbocycles. The van der Waals surface area contributed by atoms with Gasteiger partial charge in [0.05, 0.1) is 0 Å². The van der Waals surface area contributed by atoms with Gasteiger partial charge in [0.2, 0.25) is 0 Å². The minimum absolute atomic E-state index is 0.575. The van der Waals surface area contributed by atoms with Gasteiger partial charge in [-0.05, 0) is 24.7 Å². The van der Waals surface area contributed by atoms with Gasteiger partial charge < -0.3 is 10.8 Å². The van der Waals surface area contributed by atoms with Crippen LogP contribution in [0.3, 0.4) is 0 Å². The number of hydrogen-bond acceptors (Lipinski definition) is 2. The maximum absolute atomic E-state index is 10.2. The van der Waals surface area contributed by atoms with Crippen molar-refractivity contribution in [1.82, 2.24) is 0 Å². The molecule has 0 spiro atoms. The van der Waals surface area contributed by atoms with Crippen LogP contribution in [0.5, 0.6) is 0 Å². The Balaban J connectivity index is 2.19. The topological polar surface area (TPSA) is 63.3 Å². The van der Waals surface area contributed by atoms with Crippen LogP contribution in [-0.2, 0) is 4.79 Å². The first kappa shape index (κ1) is 7.54. The Bertz CT molecular complexity index is 147. The highest BCUT2D eigenvalue weighted by Crippen LogP contribution is 2.40. The molecular weight excluding hydrogens is 130 g/mol. The van der Waals surface area contributed by atoms with Crippen LogP contribution < -0.4 is 5.73 Å². The van der Waals surface area contributed by atoms with Crippen molar-refractivity contribution in [3.8, 4) is 0 Å². The summed E-state index contributed by atoms with van der Waals surface area (Å²) in [6.07, 6.45) is 1.80. The predicted molar refractivity (Wildman–Crippen MR) is 37.5 cm³/mol. The van der Waals surface area contributed by atoms with Gasteiger partial charge in [0.25, 0.3) is 0 Å². The summed E-state index contributed by atoms with van der Waals surface area (Å²) in [5, 5.41) is 8.42. The van der Waals surface area contributed by atoms with E-state index in [2.05, 4.69) is 6.92 Å². The number of nitrogens with two attached hydrogens (primary N) is 1. The molecular formula is C7H13NO2. The summed E-state index contributed by atoms with van der Waals surface area (Å²) in [6.45, 7) is 2.12. The summed E-state index contributed by atoms with van der Waals surface area (Å²) in [6, 6.07) is -0.644. The molecule has 2 unspecified atom stereocenters. The van der Waals surface area contributed by atoms with Crippen molar-refractivity contribution >= 4 is 5.97 Å². The number of carboxylic acid groups (broad SMARTS) is 1. The summed E-state index contributed by atoms with van der Waals surface area (Å²) in [4.78, 5) is 10.2. The van der Waals surface area contributed by atoms with Crippen LogP contribution in [0.25, 0.3) is 0 Å². The van der Waals surface area contributed by atoms with E-state index in [4.69, 9.17) is 10.8 Å². The Morgan fingerprint density at radius 1 is 1.90 bits per heavy atom. The molecule has 3 N–H and O–H groups in total. The minimum Gasteiger partial charge on any atom is -0.480 e. The molecule has 1 aliphatic carbocycles. The molecule has 0 heterocycles. The van der Waals surface area contributed by atoms with E-state index >= 15 is 0 Å². The zero-order valence-corrected chi connectivity index (χ0v) is 6.08. The third-order valence-electron chi connectivity index (χ3n) is 2.15. The third-order valence-corrected chi connectivity index (χ3v) is 2.15. The lowest BCUT2D eigenvalue weighted by Crippen LogP contribution is -2.30. The molecule has 0 aromatic carbocycles. The molecule has 10 heavy (non-hydrogen) atoms. The Kier molecular flexibility index (Phi) is 1.94. The van der Waals surface area contributed by atoms with Crippen LogP contribution in [0.15, 0.2) is 0 Å². The summed E-state index contributed by atoms with van der Waals surface area (Å²) in [5.74, 6) is 0.399. The van der Waals surface area contributed by atoms with Crippen molar-refractivity contribution in [3.05, 3.63) is 0 Å². The van der Waals surface area contributed by atoms with Gasteiger partial charge in [0, 0.05) is 0 Å². The third kappa shape index (κ3) is 1.70.